The van der Waals surface area contributed by atoms with E-state index in [0.717, 1.165) is 5.56 Å². The van der Waals surface area contributed by atoms with Crippen molar-refractivity contribution < 1.29 is 24.2 Å². The Bertz CT molecular complexity index is 811. The van der Waals surface area contributed by atoms with Gasteiger partial charge in [0.15, 0.2) is 17.3 Å². The highest BCUT2D eigenvalue weighted by Gasteiger charge is 2.40. The lowest BCUT2D eigenvalue weighted by molar-refractivity contribution is -0.165. The van der Waals surface area contributed by atoms with Gasteiger partial charge >= 0.3 is 5.97 Å². The third-order valence-corrected chi connectivity index (χ3v) is 4.92. The van der Waals surface area contributed by atoms with Gasteiger partial charge in [-0.05, 0) is 12.1 Å². The molecule has 8 heteroatoms. The smallest absolute Gasteiger partial charge is 0.335 e. The number of nitrogens with zero attached hydrogens (tertiary/aromatic N) is 2. The molecule has 0 bridgehead atoms. The van der Waals surface area contributed by atoms with Gasteiger partial charge in [0.1, 0.15) is 0 Å². The van der Waals surface area contributed by atoms with E-state index in [1.54, 1.807) is 17.2 Å². The number of aliphatic hydroxyl groups is 1. The molecule has 7 nitrogen and oxygen atoms in total. The second kappa shape index (κ2) is 7.47. The molecule has 0 unspecified atom stereocenters. The van der Waals surface area contributed by atoms with Gasteiger partial charge in [0.25, 0.3) is 0 Å². The van der Waals surface area contributed by atoms with Crippen LogP contribution in [0.15, 0.2) is 34.9 Å². The highest BCUT2D eigenvalue weighted by molar-refractivity contribution is 6.33. The Morgan fingerprint density at radius 3 is 2.62 bits per heavy atom. The maximum atomic E-state index is 12.3. The summed E-state index contributed by atoms with van der Waals surface area (Å²) in [5.41, 5.74) is -0.994. The molecule has 138 valence electrons. The van der Waals surface area contributed by atoms with Crippen LogP contribution < -0.4 is 0 Å². The van der Waals surface area contributed by atoms with E-state index in [0.29, 0.717) is 23.1 Å². The molecule has 1 saturated heterocycles. The number of carbonyl (C=O) groups excluding carboxylic acids is 1. The summed E-state index contributed by atoms with van der Waals surface area (Å²) >= 11 is 6.13. The SMILES string of the molecule is O=C(CCc1ncc(-c2ccccc2Cl)o1)N1CCC(O)(C(=O)O)CC1. The number of amides is 1. The van der Waals surface area contributed by atoms with Gasteiger partial charge < -0.3 is 19.5 Å². The molecular formula is C18H19ClN2O5. The van der Waals surface area contributed by atoms with Gasteiger partial charge in [0, 0.05) is 44.3 Å². The normalized spacial score (nSPS) is 16.5. The molecule has 1 aliphatic rings. The van der Waals surface area contributed by atoms with Gasteiger partial charge in [-0.15, -0.1) is 0 Å². The van der Waals surface area contributed by atoms with Crippen molar-refractivity contribution in [3.8, 4) is 11.3 Å². The van der Waals surface area contributed by atoms with E-state index < -0.39 is 11.6 Å². The predicted octanol–water partition coefficient (Wildman–Crippen LogP) is 2.37. The molecular weight excluding hydrogens is 360 g/mol. The van der Waals surface area contributed by atoms with Crippen LogP contribution in [-0.2, 0) is 16.0 Å². The maximum Gasteiger partial charge on any atom is 0.335 e. The molecule has 1 aromatic heterocycles. The van der Waals surface area contributed by atoms with Crippen LogP contribution in [0, 0.1) is 0 Å². The molecule has 1 aliphatic heterocycles. The first-order valence-corrected chi connectivity index (χ1v) is 8.70. The quantitative estimate of drug-likeness (QED) is 0.827. The van der Waals surface area contributed by atoms with E-state index in [1.165, 1.54) is 0 Å². The van der Waals surface area contributed by atoms with Crippen molar-refractivity contribution in [1.29, 1.82) is 0 Å². The molecule has 2 aromatic rings. The minimum atomic E-state index is -1.73. The molecule has 2 heterocycles. The molecule has 0 radical (unpaired) electrons. The second-order valence-corrected chi connectivity index (χ2v) is 6.72. The Hall–Kier alpha value is -2.38. The zero-order valence-corrected chi connectivity index (χ0v) is 14.8. The first-order valence-electron chi connectivity index (χ1n) is 8.32. The van der Waals surface area contributed by atoms with E-state index in [-0.39, 0.29) is 38.3 Å². The molecule has 0 aliphatic carbocycles. The standard InChI is InChI=1S/C18H19ClN2O5/c19-13-4-2-1-3-12(13)14-11-20-15(26-14)5-6-16(22)21-9-7-18(25,8-10-21)17(23)24/h1-4,11,25H,5-10H2,(H,23,24). The number of rotatable bonds is 5. The summed E-state index contributed by atoms with van der Waals surface area (Å²) in [6.45, 7) is 0.441. The number of piperidine rings is 1. The first-order chi connectivity index (χ1) is 12.4. The van der Waals surface area contributed by atoms with E-state index in [4.69, 9.17) is 21.1 Å². The number of benzene rings is 1. The minimum absolute atomic E-state index is 0.0315. The molecule has 2 N–H and O–H groups in total. The Labute approximate surface area is 155 Å². The number of aryl methyl sites for hydroxylation is 1. The lowest BCUT2D eigenvalue weighted by Gasteiger charge is -2.35. The molecule has 0 atom stereocenters. The predicted molar refractivity (Wildman–Crippen MR) is 93.7 cm³/mol. The summed E-state index contributed by atoms with van der Waals surface area (Å²) in [7, 11) is 0. The fourth-order valence-corrected chi connectivity index (χ4v) is 3.15. The van der Waals surface area contributed by atoms with E-state index in [9.17, 15) is 14.7 Å². The number of carboxylic acid groups (broad SMARTS) is 1. The van der Waals surface area contributed by atoms with Crippen molar-refractivity contribution in [3.05, 3.63) is 41.4 Å². The third kappa shape index (κ3) is 3.89. The second-order valence-electron chi connectivity index (χ2n) is 6.32. The van der Waals surface area contributed by atoms with Gasteiger partial charge in [-0.3, -0.25) is 4.79 Å². The number of likely N-dealkylation sites (tertiary alicyclic amines) is 1. The summed E-state index contributed by atoms with van der Waals surface area (Å²) in [6.07, 6.45) is 2.18. The lowest BCUT2D eigenvalue weighted by atomic mass is 9.91. The minimum Gasteiger partial charge on any atom is -0.479 e. The van der Waals surface area contributed by atoms with E-state index >= 15 is 0 Å². The average Bonchev–Trinajstić information content (AvgIpc) is 3.09. The van der Waals surface area contributed by atoms with Crippen LogP contribution >= 0.6 is 11.6 Å². The summed E-state index contributed by atoms with van der Waals surface area (Å²) < 4.78 is 5.67. The Balaban J connectivity index is 1.55. The maximum absolute atomic E-state index is 12.3. The average molecular weight is 379 g/mol. The van der Waals surface area contributed by atoms with Crippen molar-refractivity contribution in [3.63, 3.8) is 0 Å². The molecule has 1 aromatic carbocycles. The molecule has 1 fully saturated rings. The number of oxazole rings is 1. The number of aliphatic carboxylic acids is 1. The molecule has 26 heavy (non-hydrogen) atoms. The van der Waals surface area contributed by atoms with Crippen molar-refractivity contribution in [2.75, 3.05) is 13.1 Å². The van der Waals surface area contributed by atoms with Crippen molar-refractivity contribution >= 4 is 23.5 Å². The summed E-state index contributed by atoms with van der Waals surface area (Å²) in [5.74, 6) is -0.374. The third-order valence-electron chi connectivity index (χ3n) is 4.59. The van der Waals surface area contributed by atoms with Gasteiger partial charge in [-0.1, -0.05) is 23.7 Å². The van der Waals surface area contributed by atoms with Gasteiger partial charge in [-0.25, -0.2) is 9.78 Å². The van der Waals surface area contributed by atoms with Crippen LogP contribution in [0.3, 0.4) is 0 Å². The fraction of sp³-hybridized carbons (Fsp3) is 0.389. The van der Waals surface area contributed by atoms with Crippen LogP contribution in [0.4, 0.5) is 0 Å². The van der Waals surface area contributed by atoms with Crippen molar-refractivity contribution in [2.24, 2.45) is 0 Å². The van der Waals surface area contributed by atoms with Crippen LogP contribution in [-0.4, -0.2) is 50.7 Å². The van der Waals surface area contributed by atoms with Crippen molar-refractivity contribution in [1.82, 2.24) is 9.88 Å². The van der Waals surface area contributed by atoms with E-state index in [1.807, 2.05) is 18.2 Å². The zero-order chi connectivity index (χ0) is 18.7. The van der Waals surface area contributed by atoms with Crippen molar-refractivity contribution in [2.45, 2.75) is 31.3 Å². The lowest BCUT2D eigenvalue weighted by Crippen LogP contribution is -2.50. The fourth-order valence-electron chi connectivity index (χ4n) is 2.92. The number of carboxylic acids is 1. The summed E-state index contributed by atoms with van der Waals surface area (Å²) in [6, 6.07) is 7.26. The van der Waals surface area contributed by atoms with Crippen LogP contribution in [0.2, 0.25) is 5.02 Å². The van der Waals surface area contributed by atoms with Gasteiger partial charge in [0.05, 0.1) is 11.2 Å². The zero-order valence-electron chi connectivity index (χ0n) is 14.0. The van der Waals surface area contributed by atoms with Crippen LogP contribution in [0.5, 0.6) is 0 Å². The number of aromatic nitrogens is 1. The van der Waals surface area contributed by atoms with Crippen LogP contribution in [0.1, 0.15) is 25.2 Å². The molecule has 0 spiro atoms. The molecule has 3 rings (SSSR count). The monoisotopic (exact) mass is 378 g/mol. The summed E-state index contributed by atoms with van der Waals surface area (Å²) in [5, 5.41) is 19.5. The number of hydrogen-bond acceptors (Lipinski definition) is 5. The Morgan fingerprint density at radius 1 is 1.27 bits per heavy atom. The number of halogens is 1. The number of hydrogen-bond donors (Lipinski definition) is 2. The topological polar surface area (TPSA) is 104 Å². The molecule has 0 saturated carbocycles. The molecule has 1 amide bonds. The van der Waals surface area contributed by atoms with Gasteiger partial charge in [0.2, 0.25) is 5.91 Å². The first kappa shape index (κ1) is 18.4. The van der Waals surface area contributed by atoms with Crippen LogP contribution in [0.25, 0.3) is 11.3 Å². The Kier molecular flexibility index (Phi) is 5.29. The highest BCUT2D eigenvalue weighted by atomic mass is 35.5. The Morgan fingerprint density at radius 2 is 1.96 bits per heavy atom. The van der Waals surface area contributed by atoms with E-state index in [2.05, 4.69) is 4.98 Å². The summed E-state index contributed by atoms with van der Waals surface area (Å²) in [4.78, 5) is 29.1. The van der Waals surface area contributed by atoms with Gasteiger partial charge in [-0.2, -0.15) is 0 Å². The number of carbonyl (C=O) groups is 2. The highest BCUT2D eigenvalue weighted by Crippen LogP contribution is 2.28. The largest absolute Gasteiger partial charge is 0.479 e.